The molecule has 3 aromatic rings. The van der Waals surface area contributed by atoms with Gasteiger partial charge in [-0.3, -0.25) is 14.8 Å². The lowest BCUT2D eigenvalue weighted by Crippen LogP contribution is -2.31. The molecule has 134 valence electrons. The summed E-state index contributed by atoms with van der Waals surface area (Å²) in [5.41, 5.74) is 3.94. The van der Waals surface area contributed by atoms with Crippen molar-refractivity contribution in [2.75, 3.05) is 6.54 Å². The Morgan fingerprint density at radius 1 is 1.08 bits per heavy atom. The minimum atomic E-state index is 0.0331. The first kappa shape index (κ1) is 16.9. The van der Waals surface area contributed by atoms with E-state index in [9.17, 15) is 9.90 Å². The van der Waals surface area contributed by atoms with Gasteiger partial charge < -0.3 is 5.11 Å². The number of aromatic amines is 1. The van der Waals surface area contributed by atoms with Crippen molar-refractivity contribution in [1.29, 1.82) is 0 Å². The van der Waals surface area contributed by atoms with Gasteiger partial charge in [-0.05, 0) is 41.8 Å². The summed E-state index contributed by atoms with van der Waals surface area (Å²) in [5, 5.41) is 13.6. The summed E-state index contributed by atoms with van der Waals surface area (Å²) < 4.78 is 1.63. The molecule has 2 aromatic carbocycles. The Balaban J connectivity index is 1.52. The van der Waals surface area contributed by atoms with Gasteiger partial charge in [0, 0.05) is 30.2 Å². The molecule has 6 heteroatoms. The highest BCUT2D eigenvalue weighted by atomic mass is 35.5. The summed E-state index contributed by atoms with van der Waals surface area (Å²) >= 11 is 6.07. The molecule has 0 fully saturated rings. The van der Waals surface area contributed by atoms with E-state index >= 15 is 0 Å². The third kappa shape index (κ3) is 3.54. The van der Waals surface area contributed by atoms with Gasteiger partial charge in [-0.15, -0.1) is 0 Å². The maximum absolute atomic E-state index is 12.6. The molecule has 4 rings (SSSR count). The van der Waals surface area contributed by atoms with Gasteiger partial charge >= 0.3 is 0 Å². The van der Waals surface area contributed by atoms with E-state index in [-0.39, 0.29) is 11.3 Å². The standard InChI is InChI=1S/C20H20ClN3O2/c21-16-5-1-3-14(9-16)11-23-8-7-18-19(13-23)22-24(20(18)26)12-15-4-2-6-17(25)10-15/h1-6,9-10,22,25H,7-8,11-13H2. The molecule has 1 aromatic heterocycles. The number of nitrogens with one attached hydrogen (secondary N) is 1. The largest absolute Gasteiger partial charge is 0.508 e. The average molecular weight is 370 g/mol. The highest BCUT2D eigenvalue weighted by molar-refractivity contribution is 6.30. The fraction of sp³-hybridized carbons (Fsp3) is 0.250. The summed E-state index contributed by atoms with van der Waals surface area (Å²) in [6.45, 7) is 2.79. The summed E-state index contributed by atoms with van der Waals surface area (Å²) in [6.07, 6.45) is 0.734. The lowest BCUT2D eigenvalue weighted by Gasteiger charge is -2.26. The Bertz CT molecular complexity index is 993. The number of H-pyrrole nitrogens is 1. The zero-order chi connectivity index (χ0) is 18.1. The molecule has 0 saturated carbocycles. The molecule has 0 atom stereocenters. The van der Waals surface area contributed by atoms with Gasteiger partial charge in [0.1, 0.15) is 5.75 Å². The molecule has 0 aliphatic carbocycles. The molecule has 2 heterocycles. The molecule has 1 aliphatic heterocycles. The minimum absolute atomic E-state index is 0.0331. The van der Waals surface area contributed by atoms with Gasteiger partial charge in [-0.1, -0.05) is 35.9 Å². The van der Waals surface area contributed by atoms with Crippen LogP contribution in [0, 0.1) is 0 Å². The first-order chi connectivity index (χ1) is 12.6. The molecular formula is C20H20ClN3O2. The fourth-order valence-corrected chi connectivity index (χ4v) is 3.72. The van der Waals surface area contributed by atoms with E-state index in [1.54, 1.807) is 22.9 Å². The van der Waals surface area contributed by atoms with Gasteiger partial charge in [0.25, 0.3) is 5.56 Å². The van der Waals surface area contributed by atoms with Crippen LogP contribution in [-0.4, -0.2) is 26.3 Å². The zero-order valence-electron chi connectivity index (χ0n) is 14.3. The topological polar surface area (TPSA) is 61.3 Å². The summed E-state index contributed by atoms with van der Waals surface area (Å²) in [5.74, 6) is 0.208. The van der Waals surface area contributed by atoms with Gasteiger partial charge in [-0.25, -0.2) is 4.68 Å². The Hall–Kier alpha value is -2.50. The number of hydrogen-bond donors (Lipinski definition) is 2. The normalized spacial score (nSPS) is 14.3. The predicted molar refractivity (Wildman–Crippen MR) is 102 cm³/mol. The maximum Gasteiger partial charge on any atom is 0.270 e. The van der Waals surface area contributed by atoms with Crippen molar-refractivity contribution in [3.05, 3.63) is 86.3 Å². The molecule has 5 nitrogen and oxygen atoms in total. The van der Waals surface area contributed by atoms with E-state index in [2.05, 4.69) is 16.1 Å². The van der Waals surface area contributed by atoms with Crippen molar-refractivity contribution in [3.63, 3.8) is 0 Å². The third-order valence-corrected chi connectivity index (χ3v) is 4.98. The van der Waals surface area contributed by atoms with Crippen molar-refractivity contribution >= 4 is 11.6 Å². The van der Waals surface area contributed by atoms with Crippen molar-refractivity contribution < 1.29 is 5.11 Å². The number of aromatic nitrogens is 2. The van der Waals surface area contributed by atoms with E-state index in [1.165, 1.54) is 5.56 Å². The predicted octanol–water partition coefficient (Wildman–Crippen LogP) is 3.14. The monoisotopic (exact) mass is 369 g/mol. The number of aromatic hydroxyl groups is 1. The molecular weight excluding hydrogens is 350 g/mol. The second-order valence-electron chi connectivity index (χ2n) is 6.72. The van der Waals surface area contributed by atoms with Crippen LogP contribution >= 0.6 is 11.6 Å². The number of nitrogens with zero attached hydrogens (tertiary/aromatic N) is 2. The van der Waals surface area contributed by atoms with Crippen LogP contribution in [0.4, 0.5) is 0 Å². The van der Waals surface area contributed by atoms with Crippen molar-refractivity contribution in [3.8, 4) is 5.75 Å². The highest BCUT2D eigenvalue weighted by Crippen LogP contribution is 2.19. The van der Waals surface area contributed by atoms with Gasteiger partial charge in [0.2, 0.25) is 0 Å². The summed E-state index contributed by atoms with van der Waals surface area (Å²) in [7, 11) is 0. The molecule has 26 heavy (non-hydrogen) atoms. The van der Waals surface area contributed by atoms with Gasteiger partial charge in [-0.2, -0.15) is 0 Å². The smallest absolute Gasteiger partial charge is 0.270 e. The number of phenolic OH excluding ortho intramolecular Hbond substituents is 1. The first-order valence-electron chi connectivity index (χ1n) is 8.64. The molecule has 0 saturated heterocycles. The second-order valence-corrected chi connectivity index (χ2v) is 7.16. The number of benzene rings is 2. The first-order valence-corrected chi connectivity index (χ1v) is 9.01. The number of hydrogen-bond acceptors (Lipinski definition) is 3. The van der Waals surface area contributed by atoms with E-state index in [4.69, 9.17) is 11.6 Å². The molecule has 0 bridgehead atoms. The fourth-order valence-electron chi connectivity index (χ4n) is 3.51. The average Bonchev–Trinajstić information content (AvgIpc) is 2.90. The van der Waals surface area contributed by atoms with Crippen LogP contribution in [0.5, 0.6) is 5.75 Å². The van der Waals surface area contributed by atoms with Crippen LogP contribution < -0.4 is 5.56 Å². The molecule has 0 amide bonds. The van der Waals surface area contributed by atoms with Crippen molar-refractivity contribution in [2.24, 2.45) is 0 Å². The SMILES string of the molecule is O=c1c2c([nH]n1Cc1cccc(O)c1)CN(Cc1cccc(Cl)c1)CC2. The van der Waals surface area contributed by atoms with E-state index in [1.807, 2.05) is 24.3 Å². The number of phenols is 1. The summed E-state index contributed by atoms with van der Waals surface area (Å²) in [4.78, 5) is 15.0. The second kappa shape index (κ2) is 7.02. The van der Waals surface area contributed by atoms with Crippen LogP contribution in [0.3, 0.4) is 0 Å². The van der Waals surface area contributed by atoms with Gasteiger partial charge in [0.15, 0.2) is 0 Å². The quantitative estimate of drug-likeness (QED) is 0.742. The maximum atomic E-state index is 12.6. The molecule has 0 unspecified atom stereocenters. The highest BCUT2D eigenvalue weighted by Gasteiger charge is 2.22. The summed E-state index contributed by atoms with van der Waals surface area (Å²) in [6, 6.07) is 14.9. The Morgan fingerprint density at radius 2 is 1.85 bits per heavy atom. The Morgan fingerprint density at radius 3 is 2.62 bits per heavy atom. The number of fused-ring (bicyclic) bond motifs is 1. The van der Waals surface area contributed by atoms with Crippen LogP contribution in [0.15, 0.2) is 53.3 Å². The third-order valence-electron chi connectivity index (χ3n) is 4.74. The van der Waals surface area contributed by atoms with E-state index in [0.717, 1.165) is 41.4 Å². The lowest BCUT2D eigenvalue weighted by atomic mass is 10.1. The number of rotatable bonds is 4. The minimum Gasteiger partial charge on any atom is -0.508 e. The zero-order valence-corrected chi connectivity index (χ0v) is 15.0. The van der Waals surface area contributed by atoms with Crippen LogP contribution in [-0.2, 0) is 26.1 Å². The molecule has 0 spiro atoms. The lowest BCUT2D eigenvalue weighted by molar-refractivity contribution is 0.242. The van der Waals surface area contributed by atoms with Crippen LogP contribution in [0.1, 0.15) is 22.4 Å². The Kier molecular flexibility index (Phi) is 4.57. The van der Waals surface area contributed by atoms with E-state index in [0.29, 0.717) is 13.1 Å². The Labute approximate surface area is 156 Å². The van der Waals surface area contributed by atoms with Gasteiger partial charge in [0.05, 0.1) is 12.2 Å². The van der Waals surface area contributed by atoms with Crippen molar-refractivity contribution in [2.45, 2.75) is 26.1 Å². The van der Waals surface area contributed by atoms with E-state index < -0.39 is 0 Å². The molecule has 0 radical (unpaired) electrons. The van der Waals surface area contributed by atoms with Crippen molar-refractivity contribution in [1.82, 2.24) is 14.7 Å². The molecule has 1 aliphatic rings. The number of halogens is 1. The van der Waals surface area contributed by atoms with Crippen LogP contribution in [0.2, 0.25) is 5.02 Å². The van der Waals surface area contributed by atoms with Crippen LogP contribution in [0.25, 0.3) is 0 Å². The molecule has 2 N–H and O–H groups in total.